The first-order valence-electron chi connectivity index (χ1n) is 10.6. The van der Waals surface area contributed by atoms with Crippen molar-refractivity contribution in [2.45, 2.75) is 57.7 Å². The number of tetrazole rings is 1. The van der Waals surface area contributed by atoms with Crippen LogP contribution in [0.25, 0.3) is 0 Å². The van der Waals surface area contributed by atoms with Gasteiger partial charge in [0.25, 0.3) is 5.95 Å². The zero-order chi connectivity index (χ0) is 24.7. The predicted molar refractivity (Wildman–Crippen MR) is 113 cm³/mol. The van der Waals surface area contributed by atoms with Crippen molar-refractivity contribution in [1.29, 1.82) is 0 Å². The Hall–Kier alpha value is -3.31. The molecule has 0 spiro atoms. The molecule has 182 valence electrons. The summed E-state index contributed by atoms with van der Waals surface area (Å²) in [6, 6.07) is 7.03. The van der Waals surface area contributed by atoms with Gasteiger partial charge >= 0.3 is 12.4 Å². The molecule has 6 nitrogen and oxygen atoms in total. The van der Waals surface area contributed by atoms with E-state index < -0.39 is 29.5 Å². The van der Waals surface area contributed by atoms with Crippen LogP contribution in [-0.2, 0) is 18.9 Å². The van der Waals surface area contributed by atoms with Gasteiger partial charge in [-0.2, -0.15) is 31.6 Å². The number of nitrogens with zero attached hydrogens (tertiary/aromatic N) is 4. The maximum Gasteiger partial charge on any atom is 0.416 e. The Morgan fingerprint density at radius 2 is 1.68 bits per heavy atom. The molecule has 0 fully saturated rings. The first-order valence-corrected chi connectivity index (χ1v) is 10.6. The minimum atomic E-state index is -4.93. The molecule has 3 aromatic rings. The summed E-state index contributed by atoms with van der Waals surface area (Å²) < 4.78 is 80.5. The van der Waals surface area contributed by atoms with Crippen LogP contribution in [0.3, 0.4) is 0 Å². The van der Waals surface area contributed by atoms with Crippen LogP contribution < -0.4 is 10.2 Å². The summed E-state index contributed by atoms with van der Waals surface area (Å²) >= 11 is 0. The molecule has 0 bridgehead atoms. The lowest BCUT2D eigenvalue weighted by molar-refractivity contribution is -0.143. The second-order valence-corrected chi connectivity index (χ2v) is 8.35. The second kappa shape index (κ2) is 8.80. The van der Waals surface area contributed by atoms with Crippen LogP contribution in [0.4, 0.5) is 38.0 Å². The molecule has 2 heterocycles. The molecule has 1 aliphatic rings. The highest BCUT2D eigenvalue weighted by atomic mass is 19.4. The molecule has 0 amide bonds. The van der Waals surface area contributed by atoms with E-state index in [4.69, 9.17) is 0 Å². The van der Waals surface area contributed by atoms with Gasteiger partial charge in [0.15, 0.2) is 0 Å². The monoisotopic (exact) mass is 484 g/mol. The van der Waals surface area contributed by atoms with E-state index in [1.807, 2.05) is 32.0 Å². The van der Waals surface area contributed by atoms with Crippen LogP contribution >= 0.6 is 0 Å². The first kappa shape index (κ1) is 23.8. The summed E-state index contributed by atoms with van der Waals surface area (Å²) in [6.45, 7) is 3.63. The number of benzene rings is 2. The van der Waals surface area contributed by atoms with Gasteiger partial charge in [0.2, 0.25) is 0 Å². The van der Waals surface area contributed by atoms with E-state index in [0.717, 1.165) is 35.4 Å². The lowest BCUT2D eigenvalue weighted by atomic mass is 9.89. The van der Waals surface area contributed by atoms with Gasteiger partial charge < -0.3 is 10.2 Å². The fraction of sp³-hybridized carbons (Fsp3) is 0.409. The van der Waals surface area contributed by atoms with Gasteiger partial charge in [-0.25, -0.2) is 0 Å². The molecule has 0 saturated carbocycles. The number of rotatable bonds is 5. The number of hydrogen-bond acceptors (Lipinski definition) is 5. The molecule has 2 atom stereocenters. The van der Waals surface area contributed by atoms with E-state index >= 15 is 0 Å². The van der Waals surface area contributed by atoms with E-state index in [2.05, 4.69) is 25.9 Å². The van der Waals surface area contributed by atoms with Crippen LogP contribution in [0.5, 0.6) is 0 Å². The van der Waals surface area contributed by atoms with Crippen molar-refractivity contribution in [2.24, 2.45) is 0 Å². The number of nitrogens with one attached hydrogen (secondary N) is 2. The van der Waals surface area contributed by atoms with Crippen molar-refractivity contribution in [3.8, 4) is 0 Å². The largest absolute Gasteiger partial charge is 0.416 e. The number of alkyl halides is 6. The zero-order valence-electron chi connectivity index (χ0n) is 18.3. The molecule has 0 aliphatic carbocycles. The molecule has 0 radical (unpaired) electrons. The van der Waals surface area contributed by atoms with Crippen molar-refractivity contribution in [3.63, 3.8) is 0 Å². The number of H-pyrrole nitrogens is 1. The molecule has 34 heavy (non-hydrogen) atoms. The number of hydrogen-bond donors (Lipinski definition) is 2. The zero-order valence-corrected chi connectivity index (χ0v) is 18.3. The van der Waals surface area contributed by atoms with Gasteiger partial charge in [-0.05, 0) is 60.4 Å². The maximum atomic E-state index is 13.4. The highest BCUT2D eigenvalue weighted by Gasteiger charge is 2.38. The minimum Gasteiger partial charge on any atom is -0.382 e. The quantitative estimate of drug-likeness (QED) is 0.442. The van der Waals surface area contributed by atoms with Gasteiger partial charge in [0.1, 0.15) is 0 Å². The number of aromatic amines is 1. The second-order valence-electron chi connectivity index (χ2n) is 8.35. The molecular weight excluding hydrogens is 462 g/mol. The predicted octanol–water partition coefficient (Wildman–Crippen LogP) is 5.89. The highest BCUT2D eigenvalue weighted by molar-refractivity contribution is 5.59. The maximum absolute atomic E-state index is 13.4. The van der Waals surface area contributed by atoms with Crippen LogP contribution in [0, 0.1) is 6.92 Å². The van der Waals surface area contributed by atoms with Crippen molar-refractivity contribution < 1.29 is 26.3 Å². The Labute approximate surface area is 191 Å². The molecule has 0 unspecified atom stereocenters. The van der Waals surface area contributed by atoms with Crippen LogP contribution in [0.15, 0.2) is 36.4 Å². The molecule has 2 N–H and O–H groups in total. The summed E-state index contributed by atoms with van der Waals surface area (Å²) in [5.74, 6) is 0.0835. The third-order valence-corrected chi connectivity index (χ3v) is 5.89. The van der Waals surface area contributed by atoms with Crippen LogP contribution in [0.1, 0.15) is 53.6 Å². The fourth-order valence-corrected chi connectivity index (χ4v) is 4.23. The van der Waals surface area contributed by atoms with Gasteiger partial charge in [0, 0.05) is 18.3 Å². The van der Waals surface area contributed by atoms with Crippen LogP contribution in [-0.4, -0.2) is 26.7 Å². The smallest absolute Gasteiger partial charge is 0.382 e. The van der Waals surface area contributed by atoms with Gasteiger partial charge in [-0.15, -0.1) is 5.10 Å². The standard InChI is InChI=1S/C22H22F6N6/c1-3-16-10-19(17-6-12(2)4-5-18(17)29-16)34(20-30-32-33-31-20)11-13-7-14(21(23,24)25)9-15(8-13)22(26,27)28/h4-9,16,19,29H,3,10-11H2,1-2H3,(H,30,31,32,33)/t16-,19+/m1/s1. The average molecular weight is 484 g/mol. The molecule has 1 aliphatic heterocycles. The fourth-order valence-electron chi connectivity index (χ4n) is 4.23. The van der Waals surface area contributed by atoms with Crippen molar-refractivity contribution >= 4 is 11.6 Å². The molecule has 12 heteroatoms. The SMILES string of the molecule is CC[C@@H]1C[C@H](N(Cc2cc(C(F)(F)F)cc(C(F)(F)F)c2)c2nn[nH]n2)c2cc(C)ccc2N1. The van der Waals surface area contributed by atoms with Gasteiger partial charge in [-0.1, -0.05) is 29.7 Å². The van der Waals surface area contributed by atoms with Crippen molar-refractivity contribution in [2.75, 3.05) is 10.2 Å². The lowest BCUT2D eigenvalue weighted by Gasteiger charge is -2.39. The Morgan fingerprint density at radius 1 is 1.00 bits per heavy atom. The molecule has 0 saturated heterocycles. The summed E-state index contributed by atoms with van der Waals surface area (Å²) in [5, 5.41) is 17.3. The number of fused-ring (bicyclic) bond motifs is 1. The number of aryl methyl sites for hydroxylation is 1. The Balaban J connectivity index is 1.81. The normalized spacial score (nSPS) is 18.4. The van der Waals surface area contributed by atoms with E-state index in [-0.39, 0.29) is 30.2 Å². The molecular formula is C22H22F6N6. The Bertz CT molecular complexity index is 1110. The number of anilines is 2. The molecule has 1 aromatic heterocycles. The summed E-state index contributed by atoms with van der Waals surface area (Å²) in [5.41, 5.74) is -0.212. The highest BCUT2D eigenvalue weighted by Crippen LogP contribution is 2.41. The first-order chi connectivity index (χ1) is 16.0. The summed E-state index contributed by atoms with van der Waals surface area (Å²) in [6.07, 6.45) is -8.55. The Morgan fingerprint density at radius 3 is 2.24 bits per heavy atom. The van der Waals surface area contributed by atoms with Gasteiger partial charge in [0.05, 0.1) is 17.2 Å². The molecule has 4 rings (SSSR count). The third kappa shape index (κ3) is 4.95. The lowest BCUT2D eigenvalue weighted by Crippen LogP contribution is -2.38. The topological polar surface area (TPSA) is 69.7 Å². The van der Waals surface area contributed by atoms with Crippen LogP contribution in [0.2, 0.25) is 0 Å². The van der Waals surface area contributed by atoms with Crippen molar-refractivity contribution in [3.05, 3.63) is 64.2 Å². The van der Waals surface area contributed by atoms with E-state index in [1.54, 1.807) is 4.90 Å². The van der Waals surface area contributed by atoms with E-state index in [1.165, 1.54) is 0 Å². The Kier molecular flexibility index (Phi) is 6.17. The van der Waals surface area contributed by atoms with Crippen molar-refractivity contribution in [1.82, 2.24) is 20.6 Å². The molecule has 2 aromatic carbocycles. The average Bonchev–Trinajstić information content (AvgIpc) is 3.30. The summed E-state index contributed by atoms with van der Waals surface area (Å²) in [4.78, 5) is 1.60. The number of aromatic nitrogens is 4. The number of halogens is 6. The van der Waals surface area contributed by atoms with E-state index in [9.17, 15) is 26.3 Å². The van der Waals surface area contributed by atoms with E-state index in [0.29, 0.717) is 6.42 Å². The third-order valence-electron chi connectivity index (χ3n) is 5.89. The summed E-state index contributed by atoms with van der Waals surface area (Å²) in [7, 11) is 0. The minimum absolute atomic E-state index is 0.0434. The van der Waals surface area contributed by atoms with Gasteiger partial charge in [-0.3, -0.25) is 0 Å².